The first-order valence-electron chi connectivity index (χ1n) is 8.37. The van der Waals surface area contributed by atoms with Gasteiger partial charge in [0.25, 0.3) is 22.2 Å². The third-order valence-corrected chi connectivity index (χ3v) is 6.09. The van der Waals surface area contributed by atoms with Crippen LogP contribution >= 0.6 is 18.1 Å². The number of hydrogen-bond donors (Lipinski definition) is 1. The maximum absolute atomic E-state index is 12.6. The fraction of sp³-hybridized carbons (Fsp3) is 0.375. The van der Waals surface area contributed by atoms with Crippen LogP contribution in [0.15, 0.2) is 31.3 Å². The minimum absolute atomic E-state index is 0.0140. The van der Waals surface area contributed by atoms with Gasteiger partial charge in [0, 0.05) is 14.9 Å². The van der Waals surface area contributed by atoms with Crippen molar-refractivity contribution in [2.75, 3.05) is 19.8 Å². The Morgan fingerprint density at radius 3 is 2.07 bits per heavy atom. The summed E-state index contributed by atoms with van der Waals surface area (Å²) in [4.78, 5) is 50.9. The topological polar surface area (TPSA) is 126 Å². The van der Waals surface area contributed by atoms with Gasteiger partial charge < -0.3 is 18.2 Å². The second kappa shape index (κ2) is 7.13. The molecule has 0 radical (unpaired) electrons. The zero-order valence-electron chi connectivity index (χ0n) is 14.7. The van der Waals surface area contributed by atoms with Crippen LogP contribution in [0.3, 0.4) is 0 Å². The van der Waals surface area contributed by atoms with Crippen molar-refractivity contribution in [1.29, 1.82) is 0 Å². The van der Waals surface area contributed by atoms with Crippen molar-refractivity contribution >= 4 is 39.6 Å². The first-order valence-corrected chi connectivity index (χ1v) is 9.94. The monoisotopic (exact) mass is 426 g/mol. The van der Waals surface area contributed by atoms with Gasteiger partial charge in [0.15, 0.2) is 0 Å². The summed E-state index contributed by atoms with van der Waals surface area (Å²) < 4.78 is 22.2. The van der Waals surface area contributed by atoms with Crippen molar-refractivity contribution in [2.45, 2.75) is 13.3 Å². The molecule has 4 rings (SSSR count). The molecule has 1 N–H and O–H groups in total. The van der Waals surface area contributed by atoms with Gasteiger partial charge in [0.2, 0.25) is 0 Å². The predicted octanol–water partition coefficient (Wildman–Crippen LogP) is 0.344. The van der Waals surface area contributed by atoms with Crippen molar-refractivity contribution in [1.82, 2.24) is 9.71 Å². The molecule has 0 spiro atoms. The van der Waals surface area contributed by atoms with E-state index in [9.17, 15) is 19.2 Å². The van der Waals surface area contributed by atoms with Crippen LogP contribution in [-0.4, -0.2) is 29.5 Å². The van der Waals surface area contributed by atoms with Crippen LogP contribution in [-0.2, 0) is 13.6 Å². The van der Waals surface area contributed by atoms with Gasteiger partial charge in [-0.05, 0) is 18.6 Å². The molecule has 148 valence electrons. The molecule has 1 atom stereocenters. The lowest BCUT2D eigenvalue weighted by Crippen LogP contribution is -2.40. The van der Waals surface area contributed by atoms with Crippen molar-refractivity contribution in [3.05, 3.63) is 53.5 Å². The highest BCUT2D eigenvalue weighted by Gasteiger charge is 2.38. The first-order chi connectivity index (χ1) is 13.4. The molecule has 1 fully saturated rings. The average molecular weight is 426 g/mol. The molecule has 1 unspecified atom stereocenters. The van der Waals surface area contributed by atoms with Gasteiger partial charge in [0.1, 0.15) is 0 Å². The van der Waals surface area contributed by atoms with Crippen molar-refractivity contribution in [2.24, 2.45) is 5.41 Å². The van der Waals surface area contributed by atoms with E-state index in [1.54, 1.807) is 0 Å². The molecule has 28 heavy (non-hydrogen) atoms. The fourth-order valence-corrected chi connectivity index (χ4v) is 4.65. The summed E-state index contributed by atoms with van der Waals surface area (Å²) in [6.45, 7) is 2.96. The third-order valence-electron chi connectivity index (χ3n) is 4.94. The number of fused-ring (bicyclic) bond motifs is 2. The third kappa shape index (κ3) is 3.02. The number of aromatic nitrogens is 2. The smallest absolute Gasteiger partial charge is 0.365 e. The molecular formula is C16H16N2O8P2. The van der Waals surface area contributed by atoms with E-state index in [0.717, 1.165) is 6.42 Å². The molecule has 10 nitrogen and oxygen atoms in total. The number of nitrogens with one attached hydrogen (secondary N) is 1. The SMILES string of the molecule is CCC1(COP)COP(On2c(=O)c3cc4c(=O)[nH]c(=O)c4cc3c2=O)OC1. The lowest BCUT2D eigenvalue weighted by atomic mass is 9.88. The minimum Gasteiger partial charge on any atom is -0.365 e. The van der Waals surface area contributed by atoms with E-state index in [4.69, 9.17) is 18.2 Å². The second-order valence-electron chi connectivity index (χ2n) is 6.65. The van der Waals surface area contributed by atoms with Crippen LogP contribution in [0.1, 0.15) is 13.3 Å². The molecule has 0 amide bonds. The Morgan fingerprint density at radius 1 is 1.07 bits per heavy atom. The number of aromatic amines is 1. The molecule has 3 heterocycles. The summed E-state index contributed by atoms with van der Waals surface area (Å²) in [5, 5.41) is 0.0698. The molecule has 1 aliphatic rings. The van der Waals surface area contributed by atoms with Crippen LogP contribution in [0.4, 0.5) is 0 Å². The predicted molar refractivity (Wildman–Crippen MR) is 105 cm³/mol. The van der Waals surface area contributed by atoms with Gasteiger partial charge in [-0.15, -0.1) is 0 Å². The summed E-state index contributed by atoms with van der Waals surface area (Å²) in [7, 11) is 0.222. The van der Waals surface area contributed by atoms with Gasteiger partial charge in [-0.2, -0.15) is 0 Å². The molecule has 0 saturated carbocycles. The minimum atomic E-state index is -1.96. The molecule has 2 aromatic heterocycles. The van der Waals surface area contributed by atoms with E-state index in [2.05, 4.69) is 14.5 Å². The number of benzene rings is 1. The molecule has 1 aromatic carbocycles. The highest BCUT2D eigenvalue weighted by molar-refractivity contribution is 7.41. The number of nitrogens with zero attached hydrogens (tertiary/aromatic N) is 1. The molecule has 3 aromatic rings. The summed E-state index contributed by atoms with van der Waals surface area (Å²) in [6, 6.07) is 2.45. The lowest BCUT2D eigenvalue weighted by molar-refractivity contribution is -0.0218. The molecular weight excluding hydrogens is 410 g/mol. The maximum atomic E-state index is 12.6. The molecule has 0 bridgehead atoms. The Bertz CT molecular complexity index is 1170. The Hall–Kier alpha value is -1.96. The summed E-state index contributed by atoms with van der Waals surface area (Å²) >= 11 is 0. The van der Waals surface area contributed by atoms with Gasteiger partial charge in [-0.1, -0.05) is 11.7 Å². The zero-order valence-corrected chi connectivity index (χ0v) is 16.8. The number of hydrogen-bond acceptors (Lipinski definition) is 8. The maximum Gasteiger partial charge on any atom is 0.418 e. The van der Waals surface area contributed by atoms with Crippen LogP contribution in [0.25, 0.3) is 21.5 Å². The van der Waals surface area contributed by atoms with E-state index in [-0.39, 0.29) is 40.2 Å². The lowest BCUT2D eigenvalue weighted by Gasteiger charge is -2.36. The van der Waals surface area contributed by atoms with E-state index in [1.165, 1.54) is 12.1 Å². The Balaban J connectivity index is 1.67. The molecule has 0 aliphatic carbocycles. The fourth-order valence-electron chi connectivity index (χ4n) is 3.09. The number of H-pyrrole nitrogens is 1. The van der Waals surface area contributed by atoms with Crippen LogP contribution < -0.4 is 26.9 Å². The van der Waals surface area contributed by atoms with Crippen molar-refractivity contribution in [3.8, 4) is 0 Å². The largest absolute Gasteiger partial charge is 0.418 e. The van der Waals surface area contributed by atoms with Crippen molar-refractivity contribution < 1.29 is 18.2 Å². The normalized spacial score (nSPS) is 22.9. The first kappa shape index (κ1) is 19.4. The van der Waals surface area contributed by atoms with Gasteiger partial charge in [0.05, 0.1) is 41.4 Å². The van der Waals surface area contributed by atoms with Crippen LogP contribution in [0.5, 0.6) is 0 Å². The van der Waals surface area contributed by atoms with E-state index in [1.807, 2.05) is 6.92 Å². The Labute approximate surface area is 160 Å². The van der Waals surface area contributed by atoms with Gasteiger partial charge in [-0.3, -0.25) is 24.2 Å². The van der Waals surface area contributed by atoms with E-state index in [0.29, 0.717) is 11.3 Å². The van der Waals surface area contributed by atoms with Gasteiger partial charge >= 0.3 is 8.60 Å². The second-order valence-corrected chi connectivity index (χ2v) is 8.11. The van der Waals surface area contributed by atoms with E-state index < -0.39 is 30.8 Å². The summed E-state index contributed by atoms with van der Waals surface area (Å²) in [5.41, 5.74) is -3.05. The average Bonchev–Trinajstić information content (AvgIpc) is 3.10. The highest BCUT2D eigenvalue weighted by Crippen LogP contribution is 2.45. The van der Waals surface area contributed by atoms with Crippen molar-refractivity contribution in [3.63, 3.8) is 0 Å². The van der Waals surface area contributed by atoms with Crippen LogP contribution in [0.2, 0.25) is 0 Å². The van der Waals surface area contributed by atoms with Crippen LogP contribution in [0, 0.1) is 5.41 Å². The Morgan fingerprint density at radius 2 is 1.61 bits per heavy atom. The summed E-state index contributed by atoms with van der Waals surface area (Å²) in [5.74, 6) is 0. The molecule has 1 saturated heterocycles. The number of rotatable bonds is 5. The Kier molecular flexibility index (Phi) is 4.93. The van der Waals surface area contributed by atoms with Gasteiger partial charge in [-0.25, -0.2) is 0 Å². The quantitative estimate of drug-likeness (QED) is 0.579. The van der Waals surface area contributed by atoms with E-state index >= 15 is 0 Å². The zero-order chi connectivity index (χ0) is 20.1. The highest BCUT2D eigenvalue weighted by atomic mass is 31.2. The molecule has 12 heteroatoms. The molecule has 1 aliphatic heterocycles. The summed E-state index contributed by atoms with van der Waals surface area (Å²) in [6.07, 6.45) is 0.749. The standard InChI is InChI=1S/C16H16N2O8P2/c1-2-16(5-23-27)6-24-28(25-7-16)26-18-14(21)10-3-8-9(4-11(10)15(18)22)13(20)17-12(8)19/h3-4H,2,5-7,27H2,1H3,(H,17,19,20).